The normalized spacial score (nSPS) is 15.3. The molecule has 1 aliphatic rings. The summed E-state index contributed by atoms with van der Waals surface area (Å²) in [4.78, 5) is 43.3. The van der Waals surface area contributed by atoms with E-state index in [0.717, 1.165) is 33.8 Å². The number of hydrogen-bond donors (Lipinski definition) is 1. The summed E-state index contributed by atoms with van der Waals surface area (Å²) >= 11 is 1.28. The van der Waals surface area contributed by atoms with Gasteiger partial charge in [0, 0.05) is 29.6 Å². The number of benzene rings is 2. The van der Waals surface area contributed by atoms with E-state index in [0.29, 0.717) is 5.13 Å². The number of amides is 2. The van der Waals surface area contributed by atoms with E-state index in [9.17, 15) is 14.4 Å². The van der Waals surface area contributed by atoms with E-state index in [4.69, 9.17) is 9.47 Å². The fourth-order valence-electron chi connectivity index (χ4n) is 3.76. The van der Waals surface area contributed by atoms with Gasteiger partial charge in [-0.25, -0.2) is 4.98 Å². The first-order valence-electron chi connectivity index (χ1n) is 10.8. The Bertz CT molecular complexity index is 1220. The third-order valence-electron chi connectivity index (χ3n) is 5.81. The van der Waals surface area contributed by atoms with Crippen LogP contribution in [0.5, 0.6) is 5.75 Å². The van der Waals surface area contributed by atoms with E-state index >= 15 is 0 Å². The van der Waals surface area contributed by atoms with Crippen molar-refractivity contribution in [2.45, 2.75) is 20.3 Å². The van der Waals surface area contributed by atoms with E-state index in [2.05, 4.69) is 10.3 Å². The third kappa shape index (κ3) is 5.09. The minimum Gasteiger partial charge on any atom is -0.497 e. The van der Waals surface area contributed by atoms with Gasteiger partial charge < -0.3 is 14.4 Å². The number of nitrogens with zero attached hydrogens (tertiary/aromatic N) is 2. The lowest BCUT2D eigenvalue weighted by molar-refractivity contribution is -0.151. The number of carbonyl (C=O) groups is 3. The smallest absolute Gasteiger partial charge is 0.311 e. The Kier molecular flexibility index (Phi) is 6.93. The van der Waals surface area contributed by atoms with Crippen molar-refractivity contribution in [3.8, 4) is 17.0 Å². The van der Waals surface area contributed by atoms with Crippen molar-refractivity contribution in [3.05, 3.63) is 59.0 Å². The molecule has 1 aliphatic heterocycles. The van der Waals surface area contributed by atoms with Gasteiger partial charge >= 0.3 is 5.97 Å². The van der Waals surface area contributed by atoms with Crippen molar-refractivity contribution in [3.63, 3.8) is 0 Å². The zero-order chi connectivity index (χ0) is 24.2. The lowest BCUT2D eigenvalue weighted by Crippen LogP contribution is -2.28. The van der Waals surface area contributed by atoms with Crippen LogP contribution in [-0.2, 0) is 19.1 Å². The summed E-state index contributed by atoms with van der Waals surface area (Å²) < 4.78 is 10.3. The summed E-state index contributed by atoms with van der Waals surface area (Å²) in [5.74, 6) is -1.04. The molecule has 1 aromatic heterocycles. The van der Waals surface area contributed by atoms with Gasteiger partial charge in [-0.2, -0.15) is 0 Å². The highest BCUT2D eigenvalue weighted by molar-refractivity contribution is 7.14. The molecule has 0 radical (unpaired) electrons. The molecule has 2 aromatic carbocycles. The Hall–Kier alpha value is -3.72. The monoisotopic (exact) mass is 479 g/mol. The van der Waals surface area contributed by atoms with Crippen LogP contribution < -0.4 is 15.0 Å². The van der Waals surface area contributed by atoms with Gasteiger partial charge in [0.2, 0.25) is 5.91 Å². The molecule has 9 heteroatoms. The van der Waals surface area contributed by atoms with Crippen LogP contribution in [0.3, 0.4) is 0 Å². The van der Waals surface area contributed by atoms with Crippen molar-refractivity contribution in [2.75, 3.05) is 30.5 Å². The summed E-state index contributed by atoms with van der Waals surface area (Å²) in [5.41, 5.74) is 4.49. The van der Waals surface area contributed by atoms with Gasteiger partial charge in [-0.05, 0) is 55.3 Å². The highest BCUT2D eigenvalue weighted by Gasteiger charge is 2.37. The van der Waals surface area contributed by atoms with Gasteiger partial charge in [-0.1, -0.05) is 12.1 Å². The van der Waals surface area contributed by atoms with Gasteiger partial charge in [0.25, 0.3) is 5.91 Å². The zero-order valence-corrected chi connectivity index (χ0v) is 20.0. The maximum Gasteiger partial charge on any atom is 0.311 e. The highest BCUT2D eigenvalue weighted by atomic mass is 32.1. The predicted octanol–water partition coefficient (Wildman–Crippen LogP) is 3.97. The van der Waals surface area contributed by atoms with E-state index < -0.39 is 24.4 Å². The molecule has 1 saturated heterocycles. The predicted molar refractivity (Wildman–Crippen MR) is 130 cm³/mol. The number of rotatable bonds is 7. The fraction of sp³-hybridized carbons (Fsp3) is 0.280. The van der Waals surface area contributed by atoms with Crippen LogP contribution in [0.15, 0.2) is 47.8 Å². The van der Waals surface area contributed by atoms with Gasteiger partial charge in [-0.3, -0.25) is 19.7 Å². The van der Waals surface area contributed by atoms with Crippen LogP contribution in [0.25, 0.3) is 11.3 Å². The SMILES string of the molecule is COc1ccc(-c2csc(NC(=O)COC(=O)[C@H]3CC(=O)N(c4cccc(C)c4C)C3)n2)cc1. The Morgan fingerprint density at radius 1 is 1.18 bits per heavy atom. The van der Waals surface area contributed by atoms with Crippen molar-refractivity contribution >= 4 is 39.9 Å². The summed E-state index contributed by atoms with van der Waals surface area (Å²) in [6.07, 6.45) is 0.0610. The zero-order valence-electron chi connectivity index (χ0n) is 19.2. The van der Waals surface area contributed by atoms with E-state index in [-0.39, 0.29) is 18.9 Å². The lowest BCUT2D eigenvalue weighted by Gasteiger charge is -2.20. The Balaban J connectivity index is 1.29. The number of thiazole rings is 1. The molecule has 1 N–H and O–H groups in total. The van der Waals surface area contributed by atoms with Crippen molar-refractivity contribution in [1.29, 1.82) is 0 Å². The number of hydrogen-bond acceptors (Lipinski definition) is 7. The second-order valence-corrected chi connectivity index (χ2v) is 8.90. The summed E-state index contributed by atoms with van der Waals surface area (Å²) in [7, 11) is 1.60. The van der Waals surface area contributed by atoms with Gasteiger partial charge in [0.1, 0.15) is 5.75 Å². The Morgan fingerprint density at radius 2 is 1.94 bits per heavy atom. The van der Waals surface area contributed by atoms with Gasteiger partial charge in [-0.15, -0.1) is 11.3 Å². The number of anilines is 2. The van der Waals surface area contributed by atoms with Crippen LogP contribution >= 0.6 is 11.3 Å². The maximum absolute atomic E-state index is 12.5. The minimum absolute atomic E-state index is 0.0610. The molecule has 34 heavy (non-hydrogen) atoms. The second-order valence-electron chi connectivity index (χ2n) is 8.05. The highest BCUT2D eigenvalue weighted by Crippen LogP contribution is 2.30. The van der Waals surface area contributed by atoms with Crippen molar-refractivity contribution in [1.82, 2.24) is 4.98 Å². The van der Waals surface area contributed by atoms with E-state index in [1.54, 1.807) is 12.0 Å². The lowest BCUT2D eigenvalue weighted by atomic mass is 10.1. The first-order valence-corrected chi connectivity index (χ1v) is 11.7. The molecule has 3 aromatic rings. The number of ether oxygens (including phenoxy) is 2. The first-order chi connectivity index (χ1) is 16.4. The molecule has 0 aliphatic carbocycles. The molecule has 1 fully saturated rings. The molecule has 8 nitrogen and oxygen atoms in total. The molecular weight excluding hydrogens is 454 g/mol. The molecule has 0 unspecified atom stereocenters. The van der Waals surface area contributed by atoms with Crippen LogP contribution in [0.2, 0.25) is 0 Å². The molecule has 1 atom stereocenters. The number of carbonyl (C=O) groups excluding carboxylic acids is 3. The molecular formula is C25H25N3O5S. The van der Waals surface area contributed by atoms with Gasteiger partial charge in [0.05, 0.1) is 18.7 Å². The maximum atomic E-state index is 12.5. The standard InChI is InChI=1S/C25H25N3O5S/c1-15-5-4-6-21(16(15)2)28-12-18(11-23(28)30)24(31)33-13-22(29)27-25-26-20(14-34-25)17-7-9-19(32-3)10-8-17/h4-10,14,18H,11-13H2,1-3H3,(H,26,27,29)/t18-/m0/s1. The Morgan fingerprint density at radius 3 is 2.68 bits per heavy atom. The largest absolute Gasteiger partial charge is 0.497 e. The topological polar surface area (TPSA) is 97.8 Å². The quantitative estimate of drug-likeness (QED) is 0.515. The van der Waals surface area contributed by atoms with Crippen LogP contribution in [0.4, 0.5) is 10.8 Å². The number of esters is 1. The van der Waals surface area contributed by atoms with Crippen LogP contribution in [-0.4, -0.2) is 43.0 Å². The van der Waals surface area contributed by atoms with E-state index in [1.807, 2.05) is 61.7 Å². The van der Waals surface area contributed by atoms with Crippen molar-refractivity contribution in [2.24, 2.45) is 5.92 Å². The average Bonchev–Trinajstić information content (AvgIpc) is 3.46. The number of aryl methyl sites for hydroxylation is 1. The second kappa shape index (κ2) is 10.0. The minimum atomic E-state index is -0.609. The molecule has 2 amide bonds. The number of aromatic nitrogens is 1. The average molecular weight is 480 g/mol. The summed E-state index contributed by atoms with van der Waals surface area (Å²) in [5, 5.41) is 4.88. The first kappa shape index (κ1) is 23.4. The molecule has 176 valence electrons. The summed E-state index contributed by atoms with van der Waals surface area (Å²) in [6.45, 7) is 3.73. The molecule has 0 saturated carbocycles. The molecule has 4 rings (SSSR count). The van der Waals surface area contributed by atoms with E-state index in [1.165, 1.54) is 11.3 Å². The fourth-order valence-corrected chi connectivity index (χ4v) is 4.50. The van der Waals surface area contributed by atoms with Crippen molar-refractivity contribution < 1.29 is 23.9 Å². The Labute approximate surface area is 201 Å². The summed E-state index contributed by atoms with van der Waals surface area (Å²) in [6, 6.07) is 13.2. The molecule has 0 spiro atoms. The number of nitrogens with one attached hydrogen (secondary N) is 1. The molecule has 2 heterocycles. The third-order valence-corrected chi connectivity index (χ3v) is 6.56. The molecule has 0 bridgehead atoms. The van der Waals surface area contributed by atoms with Crippen LogP contribution in [0.1, 0.15) is 17.5 Å². The number of methoxy groups -OCH3 is 1. The van der Waals surface area contributed by atoms with Gasteiger partial charge in [0.15, 0.2) is 11.7 Å². The van der Waals surface area contributed by atoms with Crippen LogP contribution in [0, 0.1) is 19.8 Å².